The molecule has 2 aromatic carbocycles. The van der Waals surface area contributed by atoms with E-state index in [1.807, 2.05) is 13.8 Å². The van der Waals surface area contributed by atoms with Gasteiger partial charge in [0.1, 0.15) is 0 Å². The number of nitrogens with two attached hydrogens (primary N) is 1. The molecule has 0 fully saturated rings. The predicted molar refractivity (Wildman–Crippen MR) is 69.0 cm³/mol. The van der Waals surface area contributed by atoms with Gasteiger partial charge < -0.3 is 10.5 Å². The van der Waals surface area contributed by atoms with E-state index in [4.69, 9.17) is 5.73 Å². The number of nitrogen functional groups attached to an aromatic ring is 1. The van der Waals surface area contributed by atoms with Gasteiger partial charge in [-0.15, -0.1) is 0 Å². The molecule has 0 aliphatic rings. The van der Waals surface area contributed by atoms with E-state index in [1.165, 1.54) is 6.07 Å². The number of halogens is 3. The van der Waals surface area contributed by atoms with Gasteiger partial charge in [-0.25, -0.2) is 8.78 Å². The van der Waals surface area contributed by atoms with Gasteiger partial charge in [0.2, 0.25) is 12.7 Å². The SMILES string of the molecule is CC(C)c1cc(N)cc2cc(F)c(F)c(OCF)c12. The molecule has 2 aromatic rings. The fourth-order valence-corrected chi connectivity index (χ4v) is 2.15. The van der Waals surface area contributed by atoms with E-state index in [0.717, 1.165) is 6.07 Å². The summed E-state index contributed by atoms with van der Waals surface area (Å²) >= 11 is 0. The van der Waals surface area contributed by atoms with Gasteiger partial charge in [-0.2, -0.15) is 4.39 Å². The van der Waals surface area contributed by atoms with E-state index >= 15 is 0 Å². The third-order valence-corrected chi connectivity index (χ3v) is 2.96. The number of rotatable bonds is 3. The largest absolute Gasteiger partial charge is 0.459 e. The zero-order chi connectivity index (χ0) is 14.2. The van der Waals surface area contributed by atoms with Crippen LogP contribution in [0.2, 0.25) is 0 Å². The monoisotopic (exact) mass is 269 g/mol. The summed E-state index contributed by atoms with van der Waals surface area (Å²) in [5, 5.41) is 0.756. The smallest absolute Gasteiger partial charge is 0.228 e. The molecule has 0 atom stereocenters. The summed E-state index contributed by atoms with van der Waals surface area (Å²) in [6.45, 7) is 2.54. The predicted octanol–water partition coefficient (Wildman–Crippen LogP) is 4.13. The van der Waals surface area contributed by atoms with Crippen LogP contribution >= 0.6 is 0 Å². The normalized spacial score (nSPS) is 11.3. The Morgan fingerprint density at radius 1 is 1.21 bits per heavy atom. The molecule has 0 aliphatic carbocycles. The van der Waals surface area contributed by atoms with Crippen LogP contribution in [-0.4, -0.2) is 6.86 Å². The minimum absolute atomic E-state index is 0.0119. The Balaban J connectivity index is 2.91. The second-order valence-electron chi connectivity index (χ2n) is 4.62. The summed E-state index contributed by atoms with van der Waals surface area (Å²) in [4.78, 5) is 0. The molecule has 5 heteroatoms. The molecule has 0 radical (unpaired) electrons. The van der Waals surface area contributed by atoms with E-state index in [1.54, 1.807) is 6.07 Å². The van der Waals surface area contributed by atoms with Crippen molar-refractivity contribution in [2.24, 2.45) is 0 Å². The molecule has 0 aromatic heterocycles. The molecule has 0 spiro atoms. The third-order valence-electron chi connectivity index (χ3n) is 2.96. The number of alkyl halides is 1. The number of ether oxygens (including phenoxy) is 1. The summed E-state index contributed by atoms with van der Waals surface area (Å²) in [6.07, 6.45) is 0. The summed E-state index contributed by atoms with van der Waals surface area (Å²) < 4.78 is 44.3. The van der Waals surface area contributed by atoms with Crippen LogP contribution in [0.5, 0.6) is 5.75 Å². The summed E-state index contributed by atoms with van der Waals surface area (Å²) in [5.41, 5.74) is 6.87. The van der Waals surface area contributed by atoms with E-state index < -0.39 is 24.2 Å². The first-order valence-electron chi connectivity index (χ1n) is 5.85. The number of hydrogen-bond acceptors (Lipinski definition) is 2. The van der Waals surface area contributed by atoms with Crippen molar-refractivity contribution in [3.63, 3.8) is 0 Å². The van der Waals surface area contributed by atoms with Gasteiger partial charge in [0.25, 0.3) is 0 Å². The Labute approximate surface area is 109 Å². The van der Waals surface area contributed by atoms with Crippen LogP contribution < -0.4 is 10.5 Å². The van der Waals surface area contributed by atoms with Crippen molar-refractivity contribution in [3.05, 3.63) is 35.4 Å². The van der Waals surface area contributed by atoms with E-state index in [0.29, 0.717) is 22.0 Å². The first kappa shape index (κ1) is 13.5. The van der Waals surface area contributed by atoms with Gasteiger partial charge in [-0.1, -0.05) is 13.8 Å². The highest BCUT2D eigenvalue weighted by molar-refractivity contribution is 5.94. The summed E-state index contributed by atoms with van der Waals surface area (Å²) in [5.74, 6) is -2.66. The van der Waals surface area contributed by atoms with Crippen molar-refractivity contribution >= 4 is 16.5 Å². The van der Waals surface area contributed by atoms with Gasteiger partial charge in [0.05, 0.1) is 0 Å². The van der Waals surface area contributed by atoms with Gasteiger partial charge >= 0.3 is 0 Å². The van der Waals surface area contributed by atoms with Gasteiger partial charge in [0, 0.05) is 11.1 Å². The second-order valence-corrected chi connectivity index (χ2v) is 4.62. The topological polar surface area (TPSA) is 35.2 Å². The lowest BCUT2D eigenvalue weighted by atomic mass is 9.94. The second kappa shape index (κ2) is 4.99. The van der Waals surface area contributed by atoms with Crippen LogP contribution in [-0.2, 0) is 0 Å². The maximum absolute atomic E-state index is 13.8. The quantitative estimate of drug-likeness (QED) is 0.850. The van der Waals surface area contributed by atoms with Crippen molar-refractivity contribution in [3.8, 4) is 5.75 Å². The summed E-state index contributed by atoms with van der Waals surface area (Å²) in [7, 11) is 0. The number of hydrogen-bond donors (Lipinski definition) is 1. The molecule has 0 saturated carbocycles. The lowest BCUT2D eigenvalue weighted by molar-refractivity contribution is 0.185. The van der Waals surface area contributed by atoms with Crippen molar-refractivity contribution in [2.45, 2.75) is 19.8 Å². The molecule has 0 bridgehead atoms. The first-order valence-corrected chi connectivity index (χ1v) is 5.85. The molecule has 2 nitrogen and oxygen atoms in total. The van der Waals surface area contributed by atoms with E-state index in [9.17, 15) is 13.2 Å². The van der Waals surface area contributed by atoms with Crippen molar-refractivity contribution in [2.75, 3.05) is 12.6 Å². The lowest BCUT2D eigenvalue weighted by Crippen LogP contribution is -2.02. The van der Waals surface area contributed by atoms with Gasteiger partial charge in [-0.3, -0.25) is 0 Å². The molecule has 0 aliphatic heterocycles. The first-order chi connectivity index (χ1) is 8.95. The van der Waals surface area contributed by atoms with Crippen LogP contribution in [0.3, 0.4) is 0 Å². The average molecular weight is 269 g/mol. The Morgan fingerprint density at radius 2 is 1.89 bits per heavy atom. The van der Waals surface area contributed by atoms with Crippen LogP contribution in [0, 0.1) is 11.6 Å². The Morgan fingerprint density at radius 3 is 2.47 bits per heavy atom. The minimum atomic E-state index is -1.22. The van der Waals surface area contributed by atoms with Crippen molar-refractivity contribution < 1.29 is 17.9 Å². The molecule has 102 valence electrons. The maximum atomic E-state index is 13.8. The fraction of sp³-hybridized carbons (Fsp3) is 0.286. The van der Waals surface area contributed by atoms with E-state index in [2.05, 4.69) is 4.74 Å². The van der Waals surface area contributed by atoms with Crippen LogP contribution in [0.25, 0.3) is 10.8 Å². The van der Waals surface area contributed by atoms with Gasteiger partial charge in [0.15, 0.2) is 11.6 Å². The molecule has 0 amide bonds. The molecular weight excluding hydrogens is 255 g/mol. The lowest BCUT2D eigenvalue weighted by Gasteiger charge is -2.16. The summed E-state index contributed by atoms with van der Waals surface area (Å²) in [6, 6.07) is 4.21. The van der Waals surface area contributed by atoms with Crippen molar-refractivity contribution in [1.82, 2.24) is 0 Å². The zero-order valence-corrected chi connectivity index (χ0v) is 10.6. The Bertz CT molecular complexity index is 626. The molecule has 0 unspecified atom stereocenters. The molecule has 19 heavy (non-hydrogen) atoms. The Kier molecular flexibility index (Phi) is 3.55. The zero-order valence-electron chi connectivity index (χ0n) is 10.6. The molecular formula is C14H14F3NO. The molecule has 0 heterocycles. The number of fused-ring (bicyclic) bond motifs is 1. The van der Waals surface area contributed by atoms with Crippen LogP contribution in [0.15, 0.2) is 18.2 Å². The van der Waals surface area contributed by atoms with E-state index in [-0.39, 0.29) is 5.92 Å². The van der Waals surface area contributed by atoms with Crippen LogP contribution in [0.1, 0.15) is 25.3 Å². The molecule has 2 rings (SSSR count). The highest BCUT2D eigenvalue weighted by Gasteiger charge is 2.19. The fourth-order valence-electron chi connectivity index (χ4n) is 2.15. The molecule has 2 N–H and O–H groups in total. The number of anilines is 1. The highest BCUT2D eigenvalue weighted by atomic mass is 19.2. The average Bonchev–Trinajstić information content (AvgIpc) is 2.33. The maximum Gasteiger partial charge on any atom is 0.228 e. The minimum Gasteiger partial charge on any atom is -0.459 e. The van der Waals surface area contributed by atoms with Gasteiger partial charge in [-0.05, 0) is 35.1 Å². The van der Waals surface area contributed by atoms with Crippen molar-refractivity contribution in [1.29, 1.82) is 0 Å². The Hall–Kier alpha value is -1.91. The molecule has 0 saturated heterocycles. The standard InChI is InChI=1S/C14H14F3NO/c1-7(2)10-5-9(18)3-8-4-11(16)13(17)14(12(8)10)19-6-15/h3-5,7H,6,18H2,1-2H3. The highest BCUT2D eigenvalue weighted by Crippen LogP contribution is 2.38. The third kappa shape index (κ3) is 2.32. The number of benzene rings is 2. The van der Waals surface area contributed by atoms with Crippen LogP contribution in [0.4, 0.5) is 18.9 Å².